The van der Waals surface area contributed by atoms with Gasteiger partial charge in [-0.15, -0.1) is 0 Å². The molecule has 6 nitrogen and oxygen atoms in total. The minimum absolute atomic E-state index is 0.0743. The second kappa shape index (κ2) is 7.23. The number of nitrogens with zero attached hydrogens (tertiary/aromatic N) is 3. The van der Waals surface area contributed by atoms with Gasteiger partial charge in [-0.3, -0.25) is 9.48 Å². The maximum absolute atomic E-state index is 12.5. The molecule has 1 atom stereocenters. The van der Waals surface area contributed by atoms with Crippen molar-refractivity contribution < 1.29 is 9.21 Å². The molecule has 0 aliphatic heterocycles. The molecule has 130 valence electrons. The fourth-order valence-corrected chi connectivity index (χ4v) is 2.91. The predicted octanol–water partition coefficient (Wildman–Crippen LogP) is 3.32. The number of hydrogen-bond acceptors (Lipinski definition) is 4. The molecule has 0 aliphatic carbocycles. The van der Waals surface area contributed by atoms with Crippen molar-refractivity contribution in [3.05, 3.63) is 84.6 Å². The second-order valence-corrected chi connectivity index (χ2v) is 6.01. The first-order valence-corrected chi connectivity index (χ1v) is 8.45. The Labute approximate surface area is 150 Å². The van der Waals surface area contributed by atoms with E-state index < -0.39 is 0 Å². The van der Waals surface area contributed by atoms with Gasteiger partial charge in [-0.2, -0.15) is 5.10 Å². The Kier molecular flexibility index (Phi) is 4.47. The summed E-state index contributed by atoms with van der Waals surface area (Å²) in [6.45, 7) is 0.480. The van der Waals surface area contributed by atoms with E-state index in [1.54, 1.807) is 11.0 Å². The summed E-state index contributed by atoms with van der Waals surface area (Å²) in [5.74, 6) is 0.640. The Morgan fingerprint density at radius 3 is 2.69 bits per heavy atom. The van der Waals surface area contributed by atoms with Gasteiger partial charge in [0.2, 0.25) is 5.91 Å². The Bertz CT molecular complexity index is 960. The first kappa shape index (κ1) is 16.1. The fraction of sp³-hybridized carbons (Fsp3) is 0.150. The Morgan fingerprint density at radius 1 is 1.12 bits per heavy atom. The minimum atomic E-state index is -0.341. The van der Waals surface area contributed by atoms with Crippen LogP contribution in [0.15, 0.2) is 77.7 Å². The molecule has 4 rings (SSSR count). The molecule has 2 aromatic heterocycles. The fourth-order valence-electron chi connectivity index (χ4n) is 2.91. The second-order valence-electron chi connectivity index (χ2n) is 6.01. The molecule has 26 heavy (non-hydrogen) atoms. The molecule has 1 N–H and O–H groups in total. The highest BCUT2D eigenvalue weighted by atomic mass is 16.3. The van der Waals surface area contributed by atoms with Crippen LogP contribution < -0.4 is 5.32 Å². The lowest BCUT2D eigenvalue weighted by atomic mass is 10.0. The van der Waals surface area contributed by atoms with E-state index in [1.807, 2.05) is 60.7 Å². The number of furan rings is 1. The monoisotopic (exact) mass is 346 g/mol. The van der Waals surface area contributed by atoms with E-state index in [-0.39, 0.29) is 11.9 Å². The van der Waals surface area contributed by atoms with Gasteiger partial charge in [0.25, 0.3) is 0 Å². The number of hydrogen-bond donors (Lipinski definition) is 1. The zero-order valence-corrected chi connectivity index (χ0v) is 14.1. The Balaban J connectivity index is 1.57. The van der Waals surface area contributed by atoms with Gasteiger partial charge >= 0.3 is 0 Å². The predicted molar refractivity (Wildman–Crippen MR) is 97.3 cm³/mol. The van der Waals surface area contributed by atoms with Crippen LogP contribution in [-0.4, -0.2) is 20.7 Å². The quantitative estimate of drug-likeness (QED) is 0.581. The van der Waals surface area contributed by atoms with Crippen LogP contribution in [0.2, 0.25) is 0 Å². The van der Waals surface area contributed by atoms with Crippen molar-refractivity contribution in [2.75, 3.05) is 0 Å². The molecule has 1 unspecified atom stereocenters. The van der Waals surface area contributed by atoms with Crippen LogP contribution in [0.5, 0.6) is 0 Å². The average Bonchev–Trinajstić information content (AvgIpc) is 3.34. The first-order valence-electron chi connectivity index (χ1n) is 8.45. The largest absolute Gasteiger partial charge is 0.459 e. The number of amides is 1. The average molecular weight is 346 g/mol. The number of rotatable bonds is 6. The van der Waals surface area contributed by atoms with Crippen molar-refractivity contribution in [1.29, 1.82) is 0 Å². The SMILES string of the molecule is O=C(CCn1cncn1)NC(c1ccccc1)c1cc2ccccc2o1. The molecule has 1 amide bonds. The number of carbonyl (C=O) groups is 1. The smallest absolute Gasteiger partial charge is 0.222 e. The third-order valence-corrected chi connectivity index (χ3v) is 4.20. The van der Waals surface area contributed by atoms with Gasteiger partial charge in [-0.25, -0.2) is 4.98 Å². The normalized spacial score (nSPS) is 12.2. The molecule has 0 radical (unpaired) electrons. The highest BCUT2D eigenvalue weighted by Crippen LogP contribution is 2.28. The number of aryl methyl sites for hydroxylation is 1. The van der Waals surface area contributed by atoms with Crippen LogP contribution >= 0.6 is 0 Å². The van der Waals surface area contributed by atoms with Crippen molar-refractivity contribution in [3.63, 3.8) is 0 Å². The molecular formula is C20H18N4O2. The van der Waals surface area contributed by atoms with Gasteiger partial charge in [0.1, 0.15) is 30.0 Å². The number of benzene rings is 2. The van der Waals surface area contributed by atoms with Crippen molar-refractivity contribution in [2.24, 2.45) is 0 Å². The van der Waals surface area contributed by atoms with Gasteiger partial charge in [-0.1, -0.05) is 48.5 Å². The summed E-state index contributed by atoms with van der Waals surface area (Å²) in [4.78, 5) is 16.4. The number of fused-ring (bicyclic) bond motifs is 1. The van der Waals surface area contributed by atoms with E-state index in [1.165, 1.54) is 6.33 Å². The third kappa shape index (κ3) is 3.49. The summed E-state index contributed by atoms with van der Waals surface area (Å²) in [7, 11) is 0. The molecule has 4 aromatic rings. The molecule has 2 aromatic carbocycles. The topological polar surface area (TPSA) is 73.0 Å². The maximum Gasteiger partial charge on any atom is 0.222 e. The molecule has 0 spiro atoms. The van der Waals surface area contributed by atoms with Crippen LogP contribution in [0.4, 0.5) is 0 Å². The van der Waals surface area contributed by atoms with Gasteiger partial charge in [0, 0.05) is 11.8 Å². The molecule has 0 saturated carbocycles. The van der Waals surface area contributed by atoms with Crippen LogP contribution in [-0.2, 0) is 11.3 Å². The van der Waals surface area contributed by atoms with Gasteiger partial charge in [-0.05, 0) is 17.7 Å². The van der Waals surface area contributed by atoms with Crippen LogP contribution in [0.1, 0.15) is 23.8 Å². The summed E-state index contributed by atoms with van der Waals surface area (Å²) in [6, 6.07) is 19.3. The molecule has 0 fully saturated rings. The molecule has 2 heterocycles. The highest BCUT2D eigenvalue weighted by molar-refractivity contribution is 5.79. The molecule has 0 aliphatic rings. The zero-order chi connectivity index (χ0) is 17.8. The lowest BCUT2D eigenvalue weighted by Gasteiger charge is -2.17. The van der Waals surface area contributed by atoms with Crippen molar-refractivity contribution >= 4 is 16.9 Å². The van der Waals surface area contributed by atoms with E-state index in [0.717, 1.165) is 16.5 Å². The summed E-state index contributed by atoms with van der Waals surface area (Å²) in [6.07, 6.45) is 3.37. The van der Waals surface area contributed by atoms with E-state index in [9.17, 15) is 4.79 Å². The summed E-state index contributed by atoms with van der Waals surface area (Å²) in [5.41, 5.74) is 1.78. The summed E-state index contributed by atoms with van der Waals surface area (Å²) in [5, 5.41) is 8.11. The Morgan fingerprint density at radius 2 is 1.92 bits per heavy atom. The van der Waals surface area contributed by atoms with E-state index >= 15 is 0 Å². The maximum atomic E-state index is 12.5. The molecule has 6 heteroatoms. The van der Waals surface area contributed by atoms with Gasteiger partial charge in [0.05, 0.1) is 6.54 Å². The van der Waals surface area contributed by atoms with E-state index in [0.29, 0.717) is 18.7 Å². The molecule has 0 saturated heterocycles. The van der Waals surface area contributed by atoms with E-state index in [4.69, 9.17) is 4.42 Å². The lowest BCUT2D eigenvalue weighted by Crippen LogP contribution is -2.29. The Hall–Kier alpha value is -3.41. The number of nitrogens with one attached hydrogen (secondary N) is 1. The zero-order valence-electron chi connectivity index (χ0n) is 14.1. The highest BCUT2D eigenvalue weighted by Gasteiger charge is 2.20. The van der Waals surface area contributed by atoms with Gasteiger partial charge in [0.15, 0.2) is 0 Å². The number of aromatic nitrogens is 3. The molecular weight excluding hydrogens is 328 g/mol. The van der Waals surface area contributed by atoms with Crippen LogP contribution in [0.25, 0.3) is 11.0 Å². The third-order valence-electron chi connectivity index (χ3n) is 4.20. The van der Waals surface area contributed by atoms with Crippen molar-refractivity contribution in [3.8, 4) is 0 Å². The van der Waals surface area contributed by atoms with E-state index in [2.05, 4.69) is 15.4 Å². The number of para-hydroxylation sites is 1. The first-order chi connectivity index (χ1) is 12.8. The van der Waals surface area contributed by atoms with Crippen molar-refractivity contribution in [1.82, 2.24) is 20.1 Å². The number of carbonyl (C=O) groups excluding carboxylic acids is 1. The van der Waals surface area contributed by atoms with Crippen LogP contribution in [0.3, 0.4) is 0 Å². The lowest BCUT2D eigenvalue weighted by molar-refractivity contribution is -0.122. The summed E-state index contributed by atoms with van der Waals surface area (Å²) < 4.78 is 7.63. The standard InChI is InChI=1S/C20H18N4O2/c25-19(10-11-24-14-21-13-22-24)23-20(15-6-2-1-3-7-15)18-12-16-8-4-5-9-17(16)26-18/h1-9,12-14,20H,10-11H2,(H,23,25). The summed E-state index contributed by atoms with van der Waals surface area (Å²) >= 11 is 0. The van der Waals surface area contributed by atoms with Crippen LogP contribution in [0, 0.1) is 0 Å². The van der Waals surface area contributed by atoms with Gasteiger partial charge < -0.3 is 9.73 Å². The van der Waals surface area contributed by atoms with Crippen molar-refractivity contribution in [2.45, 2.75) is 19.0 Å². The molecule has 0 bridgehead atoms. The minimum Gasteiger partial charge on any atom is -0.459 e.